The lowest BCUT2D eigenvalue weighted by Gasteiger charge is -2.37. The molecule has 2 fully saturated rings. The van der Waals surface area contributed by atoms with Gasteiger partial charge in [0.1, 0.15) is 0 Å². The first-order chi connectivity index (χ1) is 10.8. The van der Waals surface area contributed by atoms with Gasteiger partial charge in [0.2, 0.25) is 0 Å². The zero-order chi connectivity index (χ0) is 15.4. The fourth-order valence-electron chi connectivity index (χ4n) is 3.79. The zero-order valence-corrected chi connectivity index (χ0v) is 13.6. The van der Waals surface area contributed by atoms with Gasteiger partial charge in [-0.05, 0) is 58.3 Å². The standard InChI is InChI=1S/C18H28N2O2/c1-2-22-17-9-5-7-15(18(17)21)13-19-10-6-8-16(14-19)20-11-3-4-12-20/h5,7,9,16,21H,2-4,6,8,10-14H2,1H3. The molecule has 2 aliphatic rings. The van der Waals surface area contributed by atoms with Crippen LogP contribution in [-0.2, 0) is 6.54 Å². The second-order valence-corrected chi connectivity index (χ2v) is 6.47. The summed E-state index contributed by atoms with van der Waals surface area (Å²) in [7, 11) is 0. The molecule has 1 aromatic rings. The molecular weight excluding hydrogens is 276 g/mol. The van der Waals surface area contributed by atoms with E-state index < -0.39 is 0 Å². The number of likely N-dealkylation sites (tertiary alicyclic amines) is 2. The van der Waals surface area contributed by atoms with Crippen LogP contribution in [-0.4, -0.2) is 53.7 Å². The van der Waals surface area contributed by atoms with E-state index >= 15 is 0 Å². The van der Waals surface area contributed by atoms with Gasteiger partial charge in [0, 0.05) is 24.7 Å². The van der Waals surface area contributed by atoms with E-state index in [0.29, 0.717) is 24.1 Å². The fraction of sp³-hybridized carbons (Fsp3) is 0.667. The molecule has 0 aliphatic carbocycles. The van der Waals surface area contributed by atoms with E-state index in [2.05, 4.69) is 9.80 Å². The van der Waals surface area contributed by atoms with Crippen LogP contribution in [0.1, 0.15) is 38.2 Å². The lowest BCUT2D eigenvalue weighted by Crippen LogP contribution is -2.46. The van der Waals surface area contributed by atoms with Crippen LogP contribution in [0.25, 0.3) is 0 Å². The maximum absolute atomic E-state index is 10.4. The van der Waals surface area contributed by atoms with Gasteiger partial charge in [-0.3, -0.25) is 9.80 Å². The summed E-state index contributed by atoms with van der Waals surface area (Å²) in [5, 5.41) is 10.4. The Morgan fingerprint density at radius 1 is 1.18 bits per heavy atom. The van der Waals surface area contributed by atoms with Crippen molar-refractivity contribution in [1.82, 2.24) is 9.80 Å². The quantitative estimate of drug-likeness (QED) is 0.907. The Labute approximate surface area is 133 Å². The van der Waals surface area contributed by atoms with E-state index in [4.69, 9.17) is 4.74 Å². The van der Waals surface area contributed by atoms with Gasteiger partial charge in [-0.2, -0.15) is 0 Å². The third kappa shape index (κ3) is 3.55. The summed E-state index contributed by atoms with van der Waals surface area (Å²) < 4.78 is 5.49. The third-order valence-electron chi connectivity index (χ3n) is 4.91. The molecule has 2 heterocycles. The molecule has 4 nitrogen and oxygen atoms in total. The van der Waals surface area contributed by atoms with Gasteiger partial charge >= 0.3 is 0 Å². The van der Waals surface area contributed by atoms with Gasteiger partial charge in [-0.25, -0.2) is 0 Å². The second-order valence-electron chi connectivity index (χ2n) is 6.47. The predicted octanol–water partition coefficient (Wildman–Crippen LogP) is 2.85. The van der Waals surface area contributed by atoms with E-state index in [0.717, 1.165) is 25.2 Å². The first-order valence-corrected chi connectivity index (χ1v) is 8.68. The van der Waals surface area contributed by atoms with Gasteiger partial charge < -0.3 is 9.84 Å². The molecule has 0 amide bonds. The smallest absolute Gasteiger partial charge is 0.162 e. The summed E-state index contributed by atoms with van der Waals surface area (Å²) in [6.07, 6.45) is 5.29. The second kappa shape index (κ2) is 7.34. The lowest BCUT2D eigenvalue weighted by atomic mass is 10.0. The molecule has 0 bridgehead atoms. The number of rotatable bonds is 5. The van der Waals surface area contributed by atoms with Gasteiger partial charge in [0.25, 0.3) is 0 Å². The van der Waals surface area contributed by atoms with Crippen molar-refractivity contribution in [2.45, 2.75) is 45.2 Å². The van der Waals surface area contributed by atoms with Gasteiger partial charge in [0.05, 0.1) is 6.61 Å². The maximum Gasteiger partial charge on any atom is 0.162 e. The first-order valence-electron chi connectivity index (χ1n) is 8.68. The Kier molecular flexibility index (Phi) is 5.21. The number of phenolic OH excluding ortho intramolecular Hbond substituents is 1. The number of benzene rings is 1. The number of hydrogen-bond acceptors (Lipinski definition) is 4. The van der Waals surface area contributed by atoms with Crippen LogP contribution in [0.15, 0.2) is 18.2 Å². The van der Waals surface area contributed by atoms with Crippen molar-refractivity contribution in [1.29, 1.82) is 0 Å². The van der Waals surface area contributed by atoms with Crippen molar-refractivity contribution < 1.29 is 9.84 Å². The first kappa shape index (κ1) is 15.6. The van der Waals surface area contributed by atoms with Crippen molar-refractivity contribution in [2.75, 3.05) is 32.8 Å². The monoisotopic (exact) mass is 304 g/mol. The highest BCUT2D eigenvalue weighted by Gasteiger charge is 2.27. The molecule has 1 unspecified atom stereocenters. The molecule has 3 rings (SSSR count). The number of ether oxygens (including phenoxy) is 1. The fourth-order valence-corrected chi connectivity index (χ4v) is 3.79. The van der Waals surface area contributed by atoms with Crippen LogP contribution in [0.2, 0.25) is 0 Å². The molecule has 2 saturated heterocycles. The molecule has 0 saturated carbocycles. The highest BCUT2D eigenvalue weighted by Crippen LogP contribution is 2.31. The van der Waals surface area contributed by atoms with E-state index in [1.54, 1.807) is 0 Å². The van der Waals surface area contributed by atoms with E-state index in [9.17, 15) is 5.11 Å². The Morgan fingerprint density at radius 2 is 2.00 bits per heavy atom. The molecule has 2 aliphatic heterocycles. The molecule has 1 N–H and O–H groups in total. The van der Waals surface area contributed by atoms with Gasteiger partial charge in [0.15, 0.2) is 11.5 Å². The Morgan fingerprint density at radius 3 is 2.77 bits per heavy atom. The summed E-state index contributed by atoms with van der Waals surface area (Å²) in [4.78, 5) is 5.14. The predicted molar refractivity (Wildman–Crippen MR) is 88.4 cm³/mol. The van der Waals surface area contributed by atoms with E-state index in [1.807, 2.05) is 25.1 Å². The van der Waals surface area contributed by atoms with E-state index in [1.165, 1.54) is 38.8 Å². The number of phenols is 1. The van der Waals surface area contributed by atoms with Crippen LogP contribution >= 0.6 is 0 Å². The van der Waals surface area contributed by atoms with E-state index in [-0.39, 0.29) is 0 Å². The van der Waals surface area contributed by atoms with Crippen LogP contribution in [0, 0.1) is 0 Å². The van der Waals surface area contributed by atoms with Crippen LogP contribution < -0.4 is 4.74 Å². The van der Waals surface area contributed by atoms with Crippen molar-refractivity contribution in [2.24, 2.45) is 0 Å². The van der Waals surface area contributed by atoms with Crippen molar-refractivity contribution in [3.8, 4) is 11.5 Å². The highest BCUT2D eigenvalue weighted by molar-refractivity contribution is 5.45. The summed E-state index contributed by atoms with van der Waals surface area (Å²) in [6.45, 7) is 8.13. The Bertz CT molecular complexity index is 486. The molecule has 0 spiro atoms. The molecule has 4 heteroatoms. The molecule has 1 aromatic carbocycles. The normalized spacial score (nSPS) is 23.8. The molecule has 1 atom stereocenters. The molecule has 122 valence electrons. The average Bonchev–Trinajstić information content (AvgIpc) is 3.06. The van der Waals surface area contributed by atoms with Crippen LogP contribution in [0.5, 0.6) is 11.5 Å². The summed E-state index contributed by atoms with van der Waals surface area (Å²) in [5.74, 6) is 0.917. The van der Waals surface area contributed by atoms with Crippen molar-refractivity contribution >= 4 is 0 Å². The average molecular weight is 304 g/mol. The Balaban J connectivity index is 1.63. The minimum atomic E-state index is 0.313. The summed E-state index contributed by atoms with van der Waals surface area (Å²) in [5.41, 5.74) is 0.980. The van der Waals surface area contributed by atoms with Crippen LogP contribution in [0.3, 0.4) is 0 Å². The molecular formula is C18H28N2O2. The maximum atomic E-state index is 10.4. The summed E-state index contributed by atoms with van der Waals surface area (Å²) >= 11 is 0. The number of nitrogens with zero attached hydrogens (tertiary/aromatic N) is 2. The topological polar surface area (TPSA) is 35.9 Å². The van der Waals surface area contributed by atoms with Gasteiger partial charge in [-0.1, -0.05) is 12.1 Å². The summed E-state index contributed by atoms with van der Waals surface area (Å²) in [6, 6.07) is 6.53. The van der Waals surface area contributed by atoms with Crippen molar-refractivity contribution in [3.63, 3.8) is 0 Å². The minimum absolute atomic E-state index is 0.313. The Hall–Kier alpha value is -1.26. The number of aromatic hydroxyl groups is 1. The zero-order valence-electron chi connectivity index (χ0n) is 13.6. The molecule has 22 heavy (non-hydrogen) atoms. The van der Waals surface area contributed by atoms with Crippen LogP contribution in [0.4, 0.5) is 0 Å². The largest absolute Gasteiger partial charge is 0.504 e. The minimum Gasteiger partial charge on any atom is -0.504 e. The number of piperidine rings is 1. The lowest BCUT2D eigenvalue weighted by molar-refractivity contribution is 0.110. The van der Waals surface area contributed by atoms with Crippen molar-refractivity contribution in [3.05, 3.63) is 23.8 Å². The third-order valence-corrected chi connectivity index (χ3v) is 4.91. The SMILES string of the molecule is CCOc1cccc(CN2CCCC(N3CCCC3)C2)c1O. The molecule has 0 radical (unpaired) electrons. The molecule has 0 aromatic heterocycles. The highest BCUT2D eigenvalue weighted by atomic mass is 16.5. The number of hydrogen-bond donors (Lipinski definition) is 1. The van der Waals surface area contributed by atoms with Gasteiger partial charge in [-0.15, -0.1) is 0 Å². The number of para-hydroxylation sites is 1.